The van der Waals surface area contributed by atoms with Gasteiger partial charge in [0.25, 0.3) is 0 Å². The largest absolute Gasteiger partial charge is 0.481 e. The van der Waals surface area contributed by atoms with E-state index in [-0.39, 0.29) is 11.3 Å². The number of carboxylic acid groups (broad SMARTS) is 1. The molecule has 0 heterocycles. The summed E-state index contributed by atoms with van der Waals surface area (Å²) in [5, 5.41) is 18.0. The Hall–Kier alpha value is -0.570. The van der Waals surface area contributed by atoms with Crippen molar-refractivity contribution in [2.75, 3.05) is 0 Å². The molecule has 3 heteroatoms. The maximum absolute atomic E-state index is 10.9. The maximum Gasteiger partial charge on any atom is 0.307 e. The molecule has 3 nitrogen and oxygen atoms in total. The van der Waals surface area contributed by atoms with Crippen LogP contribution in [0.25, 0.3) is 0 Å². The number of aliphatic carboxylic acids is 1. The van der Waals surface area contributed by atoms with Crippen LogP contribution in [-0.4, -0.2) is 22.3 Å². The lowest BCUT2D eigenvalue weighted by molar-refractivity contribution is -0.146. The van der Waals surface area contributed by atoms with Gasteiger partial charge in [-0.05, 0) is 25.2 Å². The quantitative estimate of drug-likeness (QED) is 0.708. The van der Waals surface area contributed by atoms with Crippen molar-refractivity contribution in [1.29, 1.82) is 0 Å². The molecular formula is C10H20O3. The van der Waals surface area contributed by atoms with Crippen LogP contribution in [0, 0.1) is 11.3 Å². The van der Waals surface area contributed by atoms with Gasteiger partial charge in [-0.2, -0.15) is 0 Å². The molecule has 0 saturated carbocycles. The van der Waals surface area contributed by atoms with E-state index in [0.29, 0.717) is 12.8 Å². The fourth-order valence-corrected chi connectivity index (χ4v) is 1.33. The predicted molar refractivity (Wildman–Crippen MR) is 51.5 cm³/mol. The van der Waals surface area contributed by atoms with E-state index in [1.54, 1.807) is 6.92 Å². The highest BCUT2D eigenvalue weighted by Crippen LogP contribution is 2.30. The van der Waals surface area contributed by atoms with E-state index in [4.69, 9.17) is 10.2 Å². The molecule has 0 aromatic heterocycles. The van der Waals surface area contributed by atoms with E-state index in [2.05, 4.69) is 0 Å². The van der Waals surface area contributed by atoms with Crippen molar-refractivity contribution in [2.45, 2.75) is 46.6 Å². The van der Waals surface area contributed by atoms with Crippen LogP contribution >= 0.6 is 0 Å². The number of aliphatic hydroxyl groups excluding tert-OH is 1. The third-order valence-corrected chi connectivity index (χ3v) is 2.22. The molecule has 0 radical (unpaired) electrons. The molecule has 1 unspecified atom stereocenters. The van der Waals surface area contributed by atoms with Gasteiger partial charge in [-0.1, -0.05) is 20.8 Å². The van der Waals surface area contributed by atoms with Gasteiger partial charge in [-0.15, -0.1) is 0 Å². The Balaban J connectivity index is 4.20. The fourth-order valence-electron chi connectivity index (χ4n) is 1.33. The second-order valence-corrected chi connectivity index (χ2v) is 4.68. The molecule has 0 aliphatic carbocycles. The number of hydrogen-bond acceptors (Lipinski definition) is 2. The summed E-state index contributed by atoms with van der Waals surface area (Å²) in [7, 11) is 0. The molecule has 2 N–H and O–H groups in total. The smallest absolute Gasteiger partial charge is 0.307 e. The molecule has 0 rings (SSSR count). The Morgan fingerprint density at radius 2 is 1.77 bits per heavy atom. The summed E-state index contributed by atoms with van der Waals surface area (Å²) >= 11 is 0. The molecule has 0 aliphatic heterocycles. The van der Waals surface area contributed by atoms with Gasteiger partial charge in [-0.25, -0.2) is 0 Å². The number of rotatable bonds is 4. The van der Waals surface area contributed by atoms with E-state index >= 15 is 0 Å². The monoisotopic (exact) mass is 188 g/mol. The average Bonchev–Trinajstić information content (AvgIpc) is 1.81. The molecule has 0 fully saturated rings. The predicted octanol–water partition coefficient (Wildman–Crippen LogP) is 1.89. The lowest BCUT2D eigenvalue weighted by atomic mass is 9.78. The highest BCUT2D eigenvalue weighted by atomic mass is 16.4. The van der Waals surface area contributed by atoms with Crippen molar-refractivity contribution in [3.8, 4) is 0 Å². The van der Waals surface area contributed by atoms with Gasteiger partial charge in [0, 0.05) is 0 Å². The van der Waals surface area contributed by atoms with Crippen LogP contribution in [0.1, 0.15) is 40.5 Å². The van der Waals surface area contributed by atoms with E-state index in [9.17, 15) is 4.79 Å². The van der Waals surface area contributed by atoms with Crippen LogP contribution in [0.3, 0.4) is 0 Å². The van der Waals surface area contributed by atoms with Gasteiger partial charge in [0.2, 0.25) is 0 Å². The Bertz CT molecular complexity index is 167. The fraction of sp³-hybridized carbons (Fsp3) is 0.900. The minimum Gasteiger partial charge on any atom is -0.481 e. The summed E-state index contributed by atoms with van der Waals surface area (Å²) in [6.45, 7) is 7.41. The number of hydrogen-bond donors (Lipinski definition) is 2. The molecule has 0 amide bonds. The van der Waals surface area contributed by atoms with Crippen LogP contribution < -0.4 is 0 Å². The highest BCUT2D eigenvalue weighted by molar-refractivity contribution is 5.70. The molecule has 2 atom stereocenters. The summed E-state index contributed by atoms with van der Waals surface area (Å²) in [4.78, 5) is 10.9. The second-order valence-electron chi connectivity index (χ2n) is 4.68. The Morgan fingerprint density at radius 3 is 2.00 bits per heavy atom. The standard InChI is InChI=1S/C10H20O3/c1-7(11)5-6-8(9(12)13)10(2,3)4/h7-8,11H,5-6H2,1-4H3,(H,12,13)/t7-,8?/m0/s1. The average molecular weight is 188 g/mol. The van der Waals surface area contributed by atoms with Crippen molar-refractivity contribution in [3.63, 3.8) is 0 Å². The Labute approximate surface area is 79.8 Å². The molecule has 13 heavy (non-hydrogen) atoms. The minimum atomic E-state index is -0.770. The molecule has 78 valence electrons. The number of carbonyl (C=O) groups is 1. The number of aliphatic hydroxyl groups is 1. The first-order chi connectivity index (χ1) is 5.75. The van der Waals surface area contributed by atoms with E-state index in [0.717, 1.165) is 0 Å². The van der Waals surface area contributed by atoms with Gasteiger partial charge in [0.1, 0.15) is 0 Å². The maximum atomic E-state index is 10.9. The zero-order valence-electron chi connectivity index (χ0n) is 8.87. The number of carboxylic acids is 1. The molecule has 0 bridgehead atoms. The zero-order chi connectivity index (χ0) is 10.6. The van der Waals surface area contributed by atoms with Crippen molar-refractivity contribution in [1.82, 2.24) is 0 Å². The van der Waals surface area contributed by atoms with Crippen LogP contribution in [0.4, 0.5) is 0 Å². The summed E-state index contributed by atoms with van der Waals surface area (Å²) in [6, 6.07) is 0. The van der Waals surface area contributed by atoms with Crippen LogP contribution in [0.15, 0.2) is 0 Å². The van der Waals surface area contributed by atoms with Gasteiger partial charge in [-0.3, -0.25) is 4.79 Å². The molecule has 0 aromatic carbocycles. The Kier molecular flexibility index (Phi) is 4.40. The summed E-state index contributed by atoms with van der Waals surface area (Å²) in [5.74, 6) is -1.14. The SMILES string of the molecule is C[C@H](O)CCC(C(=O)O)C(C)(C)C. The van der Waals surface area contributed by atoms with Crippen LogP contribution in [0.5, 0.6) is 0 Å². The lowest BCUT2D eigenvalue weighted by Gasteiger charge is -2.27. The van der Waals surface area contributed by atoms with Gasteiger partial charge >= 0.3 is 5.97 Å². The van der Waals surface area contributed by atoms with Gasteiger partial charge in [0.15, 0.2) is 0 Å². The summed E-state index contributed by atoms with van der Waals surface area (Å²) in [6.07, 6.45) is 0.675. The minimum absolute atomic E-state index is 0.235. The molecule has 0 aliphatic rings. The van der Waals surface area contributed by atoms with Crippen molar-refractivity contribution >= 4 is 5.97 Å². The summed E-state index contributed by atoms with van der Waals surface area (Å²) < 4.78 is 0. The first kappa shape index (κ1) is 12.4. The van der Waals surface area contributed by atoms with Crippen molar-refractivity contribution in [3.05, 3.63) is 0 Å². The summed E-state index contributed by atoms with van der Waals surface area (Å²) in [5.41, 5.74) is -0.235. The highest BCUT2D eigenvalue weighted by Gasteiger charge is 2.30. The topological polar surface area (TPSA) is 57.5 Å². The molecule has 0 spiro atoms. The van der Waals surface area contributed by atoms with Crippen molar-refractivity contribution in [2.24, 2.45) is 11.3 Å². The molecule has 0 aromatic rings. The first-order valence-electron chi connectivity index (χ1n) is 4.66. The normalized spacial score (nSPS) is 16.7. The van der Waals surface area contributed by atoms with E-state index in [1.165, 1.54) is 0 Å². The van der Waals surface area contributed by atoms with Crippen molar-refractivity contribution < 1.29 is 15.0 Å². The van der Waals surface area contributed by atoms with E-state index in [1.807, 2.05) is 20.8 Å². The second kappa shape index (κ2) is 4.61. The van der Waals surface area contributed by atoms with E-state index < -0.39 is 12.1 Å². The molecule has 0 saturated heterocycles. The van der Waals surface area contributed by atoms with Crippen LogP contribution in [0.2, 0.25) is 0 Å². The first-order valence-corrected chi connectivity index (χ1v) is 4.66. The zero-order valence-corrected chi connectivity index (χ0v) is 8.87. The third kappa shape index (κ3) is 4.88. The van der Waals surface area contributed by atoms with Crippen LogP contribution in [-0.2, 0) is 4.79 Å². The van der Waals surface area contributed by atoms with Gasteiger partial charge < -0.3 is 10.2 Å². The Morgan fingerprint density at radius 1 is 1.31 bits per heavy atom. The third-order valence-electron chi connectivity index (χ3n) is 2.22. The lowest BCUT2D eigenvalue weighted by Crippen LogP contribution is -2.29. The van der Waals surface area contributed by atoms with Gasteiger partial charge in [0.05, 0.1) is 12.0 Å². The molecular weight excluding hydrogens is 168 g/mol.